The lowest BCUT2D eigenvalue weighted by atomic mass is 10.0. The van der Waals surface area contributed by atoms with Gasteiger partial charge in [-0.2, -0.15) is 0 Å². The number of benzene rings is 2. The molecule has 30 heavy (non-hydrogen) atoms. The Morgan fingerprint density at radius 3 is 2.20 bits per heavy atom. The van der Waals surface area contributed by atoms with E-state index < -0.39 is 28.5 Å². The maximum absolute atomic E-state index is 14.4. The van der Waals surface area contributed by atoms with E-state index in [9.17, 15) is 18.4 Å². The fourth-order valence-electron chi connectivity index (χ4n) is 3.64. The van der Waals surface area contributed by atoms with Crippen LogP contribution in [0.5, 0.6) is 0 Å². The number of hydrogen-bond acceptors (Lipinski definition) is 4. The largest absolute Gasteiger partial charge is 0.467 e. The van der Waals surface area contributed by atoms with Gasteiger partial charge < -0.3 is 9.32 Å². The molecule has 0 aliphatic carbocycles. The molecule has 0 radical (unpaired) electrons. The molecular weight excluding hydrogens is 390 g/mol. The topological polar surface area (TPSA) is 53.8 Å². The number of fused-ring (bicyclic) bond motifs is 1. The molecule has 1 amide bonds. The van der Waals surface area contributed by atoms with Gasteiger partial charge in [0, 0.05) is 33.3 Å². The summed E-state index contributed by atoms with van der Waals surface area (Å²) < 4.78 is 34.4. The Bertz CT molecular complexity index is 1140. The first-order chi connectivity index (χ1) is 14.3. The monoisotopic (exact) mass is 410 g/mol. The molecule has 1 aliphatic heterocycles. The van der Waals surface area contributed by atoms with Gasteiger partial charge in [-0.05, 0) is 28.8 Å². The van der Waals surface area contributed by atoms with Gasteiger partial charge in [0.2, 0.25) is 0 Å². The summed E-state index contributed by atoms with van der Waals surface area (Å²) in [6.07, 6.45) is 1.21. The number of halogens is 2. The molecule has 0 N–H and O–H groups in total. The molecule has 0 fully saturated rings. The van der Waals surface area contributed by atoms with Gasteiger partial charge in [0.1, 0.15) is 29.2 Å². The number of amides is 1. The first-order valence-electron chi connectivity index (χ1n) is 9.45. The lowest BCUT2D eigenvalue weighted by molar-refractivity contribution is 0.0818. The fraction of sp³-hybridized carbons (Fsp3) is 0.217. The van der Waals surface area contributed by atoms with Crippen LogP contribution in [0.1, 0.15) is 27.2 Å². The molecule has 0 saturated carbocycles. The van der Waals surface area contributed by atoms with Crippen LogP contribution in [0.2, 0.25) is 0 Å². The smallest absolute Gasteiger partial charge is 0.259 e. The van der Waals surface area contributed by atoms with Gasteiger partial charge in [0.25, 0.3) is 5.91 Å². The molecule has 3 aromatic rings. The predicted molar refractivity (Wildman–Crippen MR) is 108 cm³/mol. The van der Waals surface area contributed by atoms with Gasteiger partial charge in [0.15, 0.2) is 5.43 Å². The second-order valence-corrected chi connectivity index (χ2v) is 7.55. The molecule has 0 atom stereocenters. The first kappa shape index (κ1) is 20.0. The van der Waals surface area contributed by atoms with E-state index in [0.29, 0.717) is 12.3 Å². The van der Waals surface area contributed by atoms with E-state index in [1.807, 2.05) is 12.1 Å². The molecule has 1 aliphatic rings. The maximum atomic E-state index is 14.4. The second kappa shape index (κ2) is 7.84. The highest BCUT2D eigenvalue weighted by atomic mass is 19.1. The van der Waals surface area contributed by atoms with Crippen LogP contribution >= 0.6 is 0 Å². The summed E-state index contributed by atoms with van der Waals surface area (Å²) in [5.74, 6) is -2.37. The van der Waals surface area contributed by atoms with E-state index in [-0.39, 0.29) is 11.1 Å². The summed E-state index contributed by atoms with van der Waals surface area (Å²) in [6.45, 7) is 1.97. The number of nitrogens with zero attached hydrogens (tertiary/aromatic N) is 2. The van der Waals surface area contributed by atoms with Crippen molar-refractivity contribution >= 4 is 5.91 Å². The summed E-state index contributed by atoms with van der Waals surface area (Å²) in [6, 6.07) is 11.4. The van der Waals surface area contributed by atoms with Crippen LogP contribution in [0.25, 0.3) is 11.1 Å². The minimum absolute atomic E-state index is 0.0224. The van der Waals surface area contributed by atoms with E-state index in [1.165, 1.54) is 37.6 Å². The zero-order chi connectivity index (χ0) is 21.4. The van der Waals surface area contributed by atoms with Crippen molar-refractivity contribution in [1.82, 2.24) is 9.80 Å². The van der Waals surface area contributed by atoms with Crippen molar-refractivity contribution in [3.05, 3.63) is 93.0 Å². The third-order valence-electron chi connectivity index (χ3n) is 5.14. The van der Waals surface area contributed by atoms with Gasteiger partial charge in [-0.25, -0.2) is 8.78 Å². The zero-order valence-corrected chi connectivity index (χ0v) is 16.6. The summed E-state index contributed by atoms with van der Waals surface area (Å²) in [4.78, 5) is 27.8. The van der Waals surface area contributed by atoms with Gasteiger partial charge in [-0.3, -0.25) is 14.5 Å². The molecule has 7 heteroatoms. The maximum Gasteiger partial charge on any atom is 0.259 e. The Labute approximate surface area is 172 Å². The third-order valence-corrected chi connectivity index (χ3v) is 5.14. The van der Waals surface area contributed by atoms with E-state index in [4.69, 9.17) is 4.42 Å². The van der Waals surface area contributed by atoms with Crippen LogP contribution < -0.4 is 5.43 Å². The summed E-state index contributed by atoms with van der Waals surface area (Å²) in [7, 11) is 2.81. The zero-order valence-electron chi connectivity index (χ0n) is 16.6. The molecule has 0 spiro atoms. The van der Waals surface area contributed by atoms with Crippen LogP contribution in [0.4, 0.5) is 8.78 Å². The fourth-order valence-corrected chi connectivity index (χ4v) is 3.64. The highest BCUT2D eigenvalue weighted by Crippen LogP contribution is 2.26. The molecule has 5 nitrogen and oxygen atoms in total. The predicted octanol–water partition coefficient (Wildman–Crippen LogP) is 3.80. The molecule has 0 unspecified atom stereocenters. The first-order valence-corrected chi connectivity index (χ1v) is 9.45. The molecule has 2 aromatic carbocycles. The van der Waals surface area contributed by atoms with Crippen molar-refractivity contribution in [3.8, 4) is 11.1 Å². The third kappa shape index (κ3) is 3.76. The normalized spacial score (nSPS) is 13.3. The van der Waals surface area contributed by atoms with Gasteiger partial charge in [-0.1, -0.05) is 24.3 Å². The summed E-state index contributed by atoms with van der Waals surface area (Å²) in [5.41, 5.74) is 1.49. The van der Waals surface area contributed by atoms with Crippen molar-refractivity contribution < 1.29 is 18.0 Å². The Morgan fingerprint density at radius 1 is 1.07 bits per heavy atom. The molecule has 154 valence electrons. The van der Waals surface area contributed by atoms with Crippen molar-refractivity contribution in [2.75, 3.05) is 14.1 Å². The van der Waals surface area contributed by atoms with E-state index in [2.05, 4.69) is 17.0 Å². The van der Waals surface area contributed by atoms with Crippen LogP contribution in [0.3, 0.4) is 0 Å². The van der Waals surface area contributed by atoms with E-state index in [1.54, 1.807) is 0 Å². The standard InChI is InChI=1S/C23H20F2N2O3/c1-26(2)23(29)22-19(24)7-16(8-20(22)25)18-13-30-17(9-21(18)28)12-27-10-14-5-3-4-6-15(14)11-27/h3-9,13H,10-12H2,1-2H3. The van der Waals surface area contributed by atoms with Crippen molar-refractivity contribution in [1.29, 1.82) is 0 Å². The minimum atomic E-state index is -1.03. The highest BCUT2D eigenvalue weighted by Gasteiger charge is 2.22. The lowest BCUT2D eigenvalue weighted by Gasteiger charge is -2.14. The Hall–Kier alpha value is -3.32. The summed E-state index contributed by atoms with van der Waals surface area (Å²) >= 11 is 0. The minimum Gasteiger partial charge on any atom is -0.467 e. The van der Waals surface area contributed by atoms with E-state index >= 15 is 0 Å². The SMILES string of the molecule is CN(C)C(=O)c1c(F)cc(-c2coc(CN3Cc4ccccc4C3)cc2=O)cc1F. The Balaban J connectivity index is 1.57. The Morgan fingerprint density at radius 2 is 1.67 bits per heavy atom. The lowest BCUT2D eigenvalue weighted by Crippen LogP contribution is -2.24. The van der Waals surface area contributed by atoms with Gasteiger partial charge in [0.05, 0.1) is 12.1 Å². The highest BCUT2D eigenvalue weighted by molar-refractivity contribution is 5.95. The van der Waals surface area contributed by atoms with Gasteiger partial charge >= 0.3 is 0 Å². The van der Waals surface area contributed by atoms with Crippen LogP contribution in [-0.4, -0.2) is 29.8 Å². The number of hydrogen-bond donors (Lipinski definition) is 0. The molecular formula is C23H20F2N2O3. The summed E-state index contributed by atoms with van der Waals surface area (Å²) in [5, 5.41) is 0. The Kier molecular flexibility index (Phi) is 5.22. The second-order valence-electron chi connectivity index (χ2n) is 7.55. The molecule has 0 saturated heterocycles. The van der Waals surface area contributed by atoms with Crippen LogP contribution in [0.15, 0.2) is 57.9 Å². The molecule has 0 bridgehead atoms. The quantitative estimate of drug-likeness (QED) is 0.657. The van der Waals surface area contributed by atoms with Crippen LogP contribution in [0, 0.1) is 11.6 Å². The van der Waals surface area contributed by atoms with Gasteiger partial charge in [-0.15, -0.1) is 0 Å². The average molecular weight is 410 g/mol. The van der Waals surface area contributed by atoms with Crippen molar-refractivity contribution in [3.63, 3.8) is 0 Å². The number of carbonyl (C=O) groups excluding carboxylic acids is 1. The van der Waals surface area contributed by atoms with Crippen molar-refractivity contribution in [2.45, 2.75) is 19.6 Å². The molecule has 2 heterocycles. The number of rotatable bonds is 4. The van der Waals surface area contributed by atoms with Crippen molar-refractivity contribution in [2.24, 2.45) is 0 Å². The molecule has 4 rings (SSSR count). The average Bonchev–Trinajstić information content (AvgIpc) is 3.09. The van der Waals surface area contributed by atoms with E-state index in [0.717, 1.165) is 30.1 Å². The molecule has 1 aromatic heterocycles. The van der Waals surface area contributed by atoms with Crippen LogP contribution in [-0.2, 0) is 19.6 Å². The number of carbonyl (C=O) groups is 1.